The van der Waals surface area contributed by atoms with Crippen LogP contribution in [0.3, 0.4) is 0 Å². The molecule has 1 amide bonds. The van der Waals surface area contributed by atoms with E-state index in [1.807, 2.05) is 12.3 Å². The van der Waals surface area contributed by atoms with Gasteiger partial charge < -0.3 is 10.3 Å². The van der Waals surface area contributed by atoms with Gasteiger partial charge in [0.05, 0.1) is 11.3 Å². The highest BCUT2D eigenvalue weighted by atomic mass is 32.1. The van der Waals surface area contributed by atoms with Crippen molar-refractivity contribution in [2.75, 3.05) is 23.7 Å². The van der Waals surface area contributed by atoms with Crippen molar-refractivity contribution >= 4 is 39.3 Å². The van der Waals surface area contributed by atoms with E-state index in [0.29, 0.717) is 16.6 Å². The summed E-state index contributed by atoms with van der Waals surface area (Å²) >= 11 is 1.22. The Morgan fingerprint density at radius 1 is 1.36 bits per heavy atom. The fourth-order valence-corrected chi connectivity index (χ4v) is 5.31. The highest BCUT2D eigenvalue weighted by Crippen LogP contribution is 2.37. The lowest BCUT2D eigenvalue weighted by Crippen LogP contribution is -2.39. The molecule has 4 heterocycles. The van der Waals surface area contributed by atoms with Crippen LogP contribution in [0.5, 0.6) is 0 Å². The van der Waals surface area contributed by atoms with Crippen molar-refractivity contribution in [3.63, 3.8) is 0 Å². The molecule has 1 aliphatic carbocycles. The van der Waals surface area contributed by atoms with Crippen molar-refractivity contribution < 1.29 is 4.79 Å². The summed E-state index contributed by atoms with van der Waals surface area (Å²) in [4.78, 5) is 24.8. The average Bonchev–Trinajstić information content (AvgIpc) is 3.54. The summed E-state index contributed by atoms with van der Waals surface area (Å²) in [7, 11) is 0. The van der Waals surface area contributed by atoms with Crippen molar-refractivity contribution in [3.8, 4) is 6.07 Å². The van der Waals surface area contributed by atoms with E-state index >= 15 is 0 Å². The molecule has 0 spiro atoms. The quantitative estimate of drug-likeness (QED) is 0.428. The van der Waals surface area contributed by atoms with Crippen LogP contribution in [0.4, 0.5) is 10.8 Å². The molecule has 170 valence electrons. The first kappa shape index (κ1) is 21.6. The number of fused-ring (bicyclic) bond motifs is 1. The van der Waals surface area contributed by atoms with Gasteiger partial charge in [0.25, 0.3) is 0 Å². The SMILES string of the molecule is CC(C)(C)c1nsc(NC(=O)[C@H]2NCC3=C2C[C@@H](CNc2c(C#N)cnc4[nH]ccc24)C3)n1. The molecule has 4 N–H and O–H groups in total. The molecule has 0 aromatic carbocycles. The predicted octanol–water partition coefficient (Wildman–Crippen LogP) is 3.31. The number of pyridine rings is 1. The van der Waals surface area contributed by atoms with Gasteiger partial charge >= 0.3 is 0 Å². The normalized spacial score (nSPS) is 20.2. The Morgan fingerprint density at radius 3 is 2.97 bits per heavy atom. The number of hydrogen-bond donors (Lipinski definition) is 4. The number of carbonyl (C=O) groups is 1. The van der Waals surface area contributed by atoms with Gasteiger partial charge in [0.1, 0.15) is 23.6 Å². The van der Waals surface area contributed by atoms with Crippen molar-refractivity contribution in [2.24, 2.45) is 5.92 Å². The van der Waals surface area contributed by atoms with Crippen molar-refractivity contribution in [1.82, 2.24) is 24.6 Å². The van der Waals surface area contributed by atoms with E-state index in [0.717, 1.165) is 48.5 Å². The van der Waals surface area contributed by atoms with Crippen LogP contribution in [0.25, 0.3) is 11.0 Å². The van der Waals surface area contributed by atoms with Gasteiger partial charge in [-0.05, 0) is 30.4 Å². The number of H-pyrrole nitrogens is 1. The van der Waals surface area contributed by atoms with Crippen LogP contribution in [-0.2, 0) is 10.2 Å². The maximum atomic E-state index is 13.0. The van der Waals surface area contributed by atoms with Gasteiger partial charge in [0, 0.05) is 47.8 Å². The molecule has 0 saturated heterocycles. The summed E-state index contributed by atoms with van der Waals surface area (Å²) in [6.07, 6.45) is 5.21. The topological polar surface area (TPSA) is 131 Å². The van der Waals surface area contributed by atoms with Crippen LogP contribution >= 0.6 is 11.5 Å². The first-order chi connectivity index (χ1) is 15.8. The number of hydrogen-bond acceptors (Lipinski definition) is 8. The number of aromatic amines is 1. The minimum absolute atomic E-state index is 0.0832. The van der Waals surface area contributed by atoms with E-state index in [1.54, 1.807) is 6.20 Å². The number of rotatable bonds is 5. The minimum Gasteiger partial charge on any atom is -0.383 e. The molecule has 10 heteroatoms. The molecule has 3 aromatic rings. The van der Waals surface area contributed by atoms with Gasteiger partial charge in [0.15, 0.2) is 0 Å². The van der Waals surface area contributed by atoms with Crippen LogP contribution < -0.4 is 16.0 Å². The molecule has 1 aliphatic heterocycles. The number of nitriles is 1. The zero-order chi connectivity index (χ0) is 23.2. The maximum absolute atomic E-state index is 13.0. The van der Waals surface area contributed by atoms with Crippen LogP contribution in [0.1, 0.15) is 45.0 Å². The fourth-order valence-electron chi connectivity index (χ4n) is 4.54. The molecule has 5 rings (SSSR count). The Balaban J connectivity index is 1.23. The second kappa shape index (κ2) is 8.24. The summed E-state index contributed by atoms with van der Waals surface area (Å²) in [5.41, 5.74) is 4.45. The van der Waals surface area contributed by atoms with E-state index in [-0.39, 0.29) is 17.4 Å². The summed E-state index contributed by atoms with van der Waals surface area (Å²) in [5, 5.41) is 20.7. The minimum atomic E-state index is -0.334. The van der Waals surface area contributed by atoms with Crippen molar-refractivity contribution in [3.05, 3.63) is 41.0 Å². The van der Waals surface area contributed by atoms with Gasteiger partial charge in [-0.25, -0.2) is 9.97 Å². The lowest BCUT2D eigenvalue weighted by atomic mass is 9.96. The predicted molar refractivity (Wildman–Crippen MR) is 128 cm³/mol. The van der Waals surface area contributed by atoms with E-state index < -0.39 is 0 Å². The molecular weight excluding hydrogens is 436 g/mol. The van der Waals surface area contributed by atoms with Gasteiger partial charge in [-0.2, -0.15) is 9.64 Å². The van der Waals surface area contributed by atoms with E-state index in [4.69, 9.17) is 0 Å². The smallest absolute Gasteiger partial charge is 0.247 e. The van der Waals surface area contributed by atoms with E-state index in [9.17, 15) is 10.1 Å². The van der Waals surface area contributed by atoms with Gasteiger partial charge in [-0.1, -0.05) is 26.3 Å². The number of aromatic nitrogens is 4. The molecule has 33 heavy (non-hydrogen) atoms. The largest absolute Gasteiger partial charge is 0.383 e. The third kappa shape index (κ3) is 4.10. The van der Waals surface area contributed by atoms with Crippen LogP contribution in [0.2, 0.25) is 0 Å². The first-order valence-electron chi connectivity index (χ1n) is 11.0. The average molecular weight is 463 g/mol. The van der Waals surface area contributed by atoms with Gasteiger partial charge in [-0.15, -0.1) is 0 Å². The number of amides is 1. The molecule has 0 radical (unpaired) electrons. The first-order valence-corrected chi connectivity index (χ1v) is 11.8. The Morgan fingerprint density at radius 2 is 2.21 bits per heavy atom. The number of nitrogens with zero attached hydrogens (tertiary/aromatic N) is 4. The maximum Gasteiger partial charge on any atom is 0.247 e. The lowest BCUT2D eigenvalue weighted by molar-refractivity contribution is -0.117. The van der Waals surface area contributed by atoms with Gasteiger partial charge in [-0.3, -0.25) is 15.4 Å². The van der Waals surface area contributed by atoms with Crippen LogP contribution in [0.15, 0.2) is 29.6 Å². The molecule has 3 aromatic heterocycles. The summed E-state index contributed by atoms with van der Waals surface area (Å²) < 4.78 is 4.38. The number of nitrogens with one attached hydrogen (secondary N) is 4. The number of anilines is 2. The van der Waals surface area contributed by atoms with E-state index in [2.05, 4.69) is 62.1 Å². The Kier molecular flexibility index (Phi) is 5.38. The second-order valence-corrected chi connectivity index (χ2v) is 10.4. The third-order valence-electron chi connectivity index (χ3n) is 6.23. The van der Waals surface area contributed by atoms with Crippen molar-refractivity contribution in [1.29, 1.82) is 5.26 Å². The molecule has 0 saturated carbocycles. The van der Waals surface area contributed by atoms with Crippen molar-refractivity contribution in [2.45, 2.75) is 45.1 Å². The monoisotopic (exact) mass is 462 g/mol. The third-order valence-corrected chi connectivity index (χ3v) is 6.86. The Bertz CT molecular complexity index is 1290. The zero-order valence-electron chi connectivity index (χ0n) is 18.8. The van der Waals surface area contributed by atoms with Crippen LogP contribution in [-0.4, -0.2) is 44.4 Å². The summed E-state index contributed by atoms with van der Waals surface area (Å²) in [5.74, 6) is 1.02. The molecular formula is C23H26N8OS. The van der Waals surface area contributed by atoms with Crippen LogP contribution in [0, 0.1) is 17.2 Å². The Labute approximate surface area is 195 Å². The Hall–Kier alpha value is -3.29. The standard InChI is InChI=1S/C23H26N8OS/c1-23(2,3)21-30-22(33-31-21)29-20(32)18-16-7-12(6-13(16)10-27-18)9-26-17-14(8-24)11-28-19-15(17)4-5-25-19/h4-5,11-12,18,27H,6-7,9-10H2,1-3H3,(H2,25,26,28)(H,29,30,31,32)/t12-,18-/m0/s1. The molecule has 0 fully saturated rings. The highest BCUT2D eigenvalue weighted by molar-refractivity contribution is 7.09. The highest BCUT2D eigenvalue weighted by Gasteiger charge is 2.37. The lowest BCUT2D eigenvalue weighted by Gasteiger charge is -2.19. The fraction of sp³-hybridized carbons (Fsp3) is 0.435. The van der Waals surface area contributed by atoms with Gasteiger partial charge in [0.2, 0.25) is 11.0 Å². The molecule has 0 unspecified atom stereocenters. The zero-order valence-corrected chi connectivity index (χ0v) is 19.6. The molecule has 2 atom stereocenters. The van der Waals surface area contributed by atoms with E-state index in [1.165, 1.54) is 22.7 Å². The molecule has 9 nitrogen and oxygen atoms in total. The summed E-state index contributed by atoms with van der Waals surface area (Å²) in [6.45, 7) is 7.61. The molecule has 2 aliphatic rings. The summed E-state index contributed by atoms with van der Waals surface area (Å²) in [6, 6.07) is 3.82. The molecule has 0 bridgehead atoms. The second-order valence-electron chi connectivity index (χ2n) is 9.66. The number of carbonyl (C=O) groups excluding carboxylic acids is 1.